The van der Waals surface area contributed by atoms with Crippen LogP contribution in [-0.2, 0) is 0 Å². The smallest absolute Gasteiger partial charge is 0.306 e. The lowest BCUT2D eigenvalue weighted by Gasteiger charge is -2.10. The summed E-state index contributed by atoms with van der Waals surface area (Å²) in [6.07, 6.45) is 0. The molecule has 0 aliphatic heterocycles. The van der Waals surface area contributed by atoms with E-state index in [-0.39, 0.29) is 27.4 Å². The van der Waals surface area contributed by atoms with Gasteiger partial charge in [0.25, 0.3) is 11.7 Å². The summed E-state index contributed by atoms with van der Waals surface area (Å²) in [4.78, 5) is 23.7. The Labute approximate surface area is 148 Å². The number of amides is 3. The molecule has 0 radical (unpaired) electrons. The van der Waals surface area contributed by atoms with Gasteiger partial charge in [0.2, 0.25) is 0 Å². The Kier molecular flexibility index (Phi) is 6.27. The quantitative estimate of drug-likeness (QED) is 0.575. The molecule has 3 amide bonds. The van der Waals surface area contributed by atoms with Crippen molar-refractivity contribution in [3.05, 3.63) is 58.6 Å². The SMILES string of the molecule is O=C(NC(=O)c1c(F)cccc1F)Nc1ccc(SC(F)F)cc1Cl. The first-order chi connectivity index (χ1) is 11.8. The molecule has 0 heterocycles. The number of hydrogen-bond acceptors (Lipinski definition) is 3. The average molecular weight is 393 g/mol. The maximum atomic E-state index is 13.5. The highest BCUT2D eigenvalue weighted by molar-refractivity contribution is 7.99. The summed E-state index contributed by atoms with van der Waals surface area (Å²) in [5.74, 6) is -6.17. The van der Waals surface area contributed by atoms with E-state index >= 15 is 0 Å². The first-order valence-electron chi connectivity index (χ1n) is 6.58. The number of halogens is 5. The molecular formula is C15H9ClF4N2O2S. The van der Waals surface area contributed by atoms with Gasteiger partial charge < -0.3 is 5.32 Å². The summed E-state index contributed by atoms with van der Waals surface area (Å²) in [5, 5.41) is 3.88. The molecule has 0 aliphatic rings. The number of carbonyl (C=O) groups excluding carboxylic acids is 2. The number of urea groups is 1. The van der Waals surface area contributed by atoms with Crippen LogP contribution in [0.5, 0.6) is 0 Å². The second kappa shape index (κ2) is 8.21. The van der Waals surface area contributed by atoms with E-state index in [0.29, 0.717) is 0 Å². The highest BCUT2D eigenvalue weighted by atomic mass is 35.5. The molecule has 0 aromatic heterocycles. The molecular weight excluding hydrogens is 384 g/mol. The van der Waals surface area contributed by atoms with Crippen LogP contribution in [0.4, 0.5) is 28.0 Å². The minimum absolute atomic E-state index is 0.0274. The molecule has 0 aliphatic carbocycles. The van der Waals surface area contributed by atoms with Crippen molar-refractivity contribution < 1.29 is 27.2 Å². The van der Waals surface area contributed by atoms with Crippen LogP contribution in [0.25, 0.3) is 0 Å². The Morgan fingerprint density at radius 2 is 1.72 bits per heavy atom. The van der Waals surface area contributed by atoms with Gasteiger partial charge in [-0.3, -0.25) is 10.1 Å². The van der Waals surface area contributed by atoms with Gasteiger partial charge in [-0.15, -0.1) is 0 Å². The number of anilines is 1. The van der Waals surface area contributed by atoms with Gasteiger partial charge in [-0.25, -0.2) is 13.6 Å². The fourth-order valence-electron chi connectivity index (χ4n) is 1.81. The van der Waals surface area contributed by atoms with Gasteiger partial charge in [-0.2, -0.15) is 8.78 Å². The van der Waals surface area contributed by atoms with E-state index in [0.717, 1.165) is 18.2 Å². The lowest BCUT2D eigenvalue weighted by Crippen LogP contribution is -2.35. The Bertz CT molecular complexity index is 800. The van der Waals surface area contributed by atoms with E-state index < -0.39 is 34.9 Å². The Balaban J connectivity index is 2.06. The predicted octanol–water partition coefficient (Wildman–Crippen LogP) is 4.89. The second-order valence-electron chi connectivity index (χ2n) is 4.53. The zero-order valence-corrected chi connectivity index (χ0v) is 13.7. The normalized spacial score (nSPS) is 10.6. The van der Waals surface area contributed by atoms with Crippen LogP contribution in [0.2, 0.25) is 5.02 Å². The van der Waals surface area contributed by atoms with Gasteiger partial charge in [0.1, 0.15) is 17.2 Å². The highest BCUT2D eigenvalue weighted by Crippen LogP contribution is 2.31. The van der Waals surface area contributed by atoms with E-state index in [1.807, 2.05) is 0 Å². The molecule has 4 nitrogen and oxygen atoms in total. The van der Waals surface area contributed by atoms with Crippen LogP contribution >= 0.6 is 23.4 Å². The molecule has 0 unspecified atom stereocenters. The topological polar surface area (TPSA) is 58.2 Å². The number of hydrogen-bond donors (Lipinski definition) is 2. The third-order valence-electron chi connectivity index (χ3n) is 2.83. The van der Waals surface area contributed by atoms with Crippen LogP contribution < -0.4 is 10.6 Å². The van der Waals surface area contributed by atoms with Crippen molar-refractivity contribution in [2.45, 2.75) is 10.7 Å². The van der Waals surface area contributed by atoms with Gasteiger partial charge >= 0.3 is 6.03 Å². The number of alkyl halides is 2. The van der Waals surface area contributed by atoms with Crippen molar-refractivity contribution in [2.75, 3.05) is 5.32 Å². The van der Waals surface area contributed by atoms with E-state index in [2.05, 4.69) is 5.32 Å². The summed E-state index contributed by atoms with van der Waals surface area (Å²) in [6, 6.07) is 5.45. The van der Waals surface area contributed by atoms with E-state index in [1.54, 1.807) is 5.32 Å². The van der Waals surface area contributed by atoms with E-state index in [4.69, 9.17) is 11.6 Å². The molecule has 0 saturated carbocycles. The lowest BCUT2D eigenvalue weighted by atomic mass is 10.2. The Morgan fingerprint density at radius 3 is 2.28 bits per heavy atom. The molecule has 0 fully saturated rings. The first-order valence-corrected chi connectivity index (χ1v) is 7.84. The molecule has 2 N–H and O–H groups in total. The summed E-state index contributed by atoms with van der Waals surface area (Å²) < 4.78 is 51.5. The molecule has 0 saturated heterocycles. The van der Waals surface area contributed by atoms with Crippen molar-refractivity contribution in [1.29, 1.82) is 0 Å². The Morgan fingerprint density at radius 1 is 1.08 bits per heavy atom. The third kappa shape index (κ3) is 5.10. The number of rotatable bonds is 4. The largest absolute Gasteiger partial charge is 0.326 e. The zero-order chi connectivity index (χ0) is 18.6. The fraction of sp³-hybridized carbons (Fsp3) is 0.0667. The van der Waals surface area contributed by atoms with Crippen molar-refractivity contribution in [3.63, 3.8) is 0 Å². The molecule has 25 heavy (non-hydrogen) atoms. The van der Waals surface area contributed by atoms with Gasteiger partial charge in [-0.05, 0) is 30.3 Å². The summed E-state index contributed by atoms with van der Waals surface area (Å²) in [7, 11) is 0. The van der Waals surface area contributed by atoms with Crippen LogP contribution in [0.1, 0.15) is 10.4 Å². The minimum Gasteiger partial charge on any atom is -0.306 e. The molecule has 0 spiro atoms. The van der Waals surface area contributed by atoms with Crippen molar-refractivity contribution >= 4 is 41.0 Å². The number of thioether (sulfide) groups is 1. The first kappa shape index (κ1) is 19.1. The number of imide groups is 1. The lowest BCUT2D eigenvalue weighted by molar-refractivity contribution is 0.0959. The van der Waals surface area contributed by atoms with E-state index in [9.17, 15) is 27.2 Å². The number of benzene rings is 2. The van der Waals surface area contributed by atoms with Crippen molar-refractivity contribution in [1.82, 2.24) is 5.32 Å². The maximum Gasteiger partial charge on any atom is 0.326 e. The standard InChI is InChI=1S/C15H9ClF4N2O2S/c16-8-6-7(25-14(19)20)4-5-11(8)21-15(24)22-13(23)12-9(17)2-1-3-10(12)18/h1-6,14H,(H2,21,22,23,24). The molecule has 2 aromatic rings. The minimum atomic E-state index is -2.63. The van der Waals surface area contributed by atoms with Gasteiger partial charge in [0.15, 0.2) is 0 Å². The predicted molar refractivity (Wildman–Crippen MR) is 86.2 cm³/mol. The van der Waals surface area contributed by atoms with Crippen LogP contribution in [0.15, 0.2) is 41.3 Å². The maximum absolute atomic E-state index is 13.5. The van der Waals surface area contributed by atoms with E-state index in [1.165, 1.54) is 18.2 Å². The number of carbonyl (C=O) groups is 2. The van der Waals surface area contributed by atoms with Gasteiger partial charge in [0, 0.05) is 4.90 Å². The fourth-order valence-corrected chi connectivity index (χ4v) is 2.64. The molecule has 2 rings (SSSR count). The van der Waals surface area contributed by atoms with Crippen LogP contribution in [0.3, 0.4) is 0 Å². The van der Waals surface area contributed by atoms with Crippen molar-refractivity contribution in [3.8, 4) is 0 Å². The van der Waals surface area contributed by atoms with Crippen LogP contribution in [0, 0.1) is 11.6 Å². The average Bonchev–Trinajstić information content (AvgIpc) is 2.49. The van der Waals surface area contributed by atoms with Gasteiger partial charge in [0.05, 0.1) is 10.7 Å². The Hall–Kier alpha value is -2.26. The molecule has 0 atom stereocenters. The molecule has 0 bridgehead atoms. The van der Waals surface area contributed by atoms with Crippen molar-refractivity contribution in [2.24, 2.45) is 0 Å². The summed E-state index contributed by atoms with van der Waals surface area (Å²) >= 11 is 6.12. The molecule has 2 aromatic carbocycles. The molecule has 132 valence electrons. The summed E-state index contributed by atoms with van der Waals surface area (Å²) in [6.45, 7) is 0. The second-order valence-corrected chi connectivity index (χ2v) is 6.00. The zero-order valence-electron chi connectivity index (χ0n) is 12.2. The van der Waals surface area contributed by atoms with Gasteiger partial charge in [-0.1, -0.05) is 29.4 Å². The third-order valence-corrected chi connectivity index (χ3v) is 3.85. The highest BCUT2D eigenvalue weighted by Gasteiger charge is 2.19. The number of nitrogens with one attached hydrogen (secondary N) is 2. The molecule has 10 heteroatoms. The summed E-state index contributed by atoms with van der Waals surface area (Å²) in [5.41, 5.74) is -0.882. The van der Waals surface area contributed by atoms with Crippen LogP contribution in [-0.4, -0.2) is 17.7 Å². The monoisotopic (exact) mass is 392 g/mol.